The molecule has 0 amide bonds. The molecule has 0 unspecified atom stereocenters. The van der Waals surface area contributed by atoms with Crippen LogP contribution in [0.4, 0.5) is 5.69 Å². The summed E-state index contributed by atoms with van der Waals surface area (Å²) in [6, 6.07) is 5.68. The summed E-state index contributed by atoms with van der Waals surface area (Å²) in [5, 5.41) is 9.32. The average molecular weight is 330 g/mol. The van der Waals surface area contributed by atoms with E-state index in [-0.39, 0.29) is 10.7 Å². The average Bonchev–Trinajstić information content (AvgIpc) is 2.76. The molecule has 8 heteroatoms. The second-order valence-corrected chi connectivity index (χ2v) is 6.49. The molecule has 0 aliphatic heterocycles. The lowest BCUT2D eigenvalue weighted by Gasteiger charge is -2.09. The fraction of sp³-hybridized carbons (Fsp3) is 0.154. The van der Waals surface area contributed by atoms with Gasteiger partial charge in [-0.25, -0.2) is 13.2 Å². The van der Waals surface area contributed by atoms with Crippen LogP contribution < -0.4 is 4.72 Å². The maximum absolute atomic E-state index is 12.3. The van der Waals surface area contributed by atoms with E-state index in [4.69, 9.17) is 21.1 Å². The summed E-state index contributed by atoms with van der Waals surface area (Å²) < 4.78 is 31.9. The van der Waals surface area contributed by atoms with Gasteiger partial charge >= 0.3 is 5.97 Å². The van der Waals surface area contributed by atoms with Crippen LogP contribution in [0.15, 0.2) is 33.6 Å². The van der Waals surface area contributed by atoms with Crippen molar-refractivity contribution in [2.24, 2.45) is 0 Å². The van der Waals surface area contributed by atoms with Gasteiger partial charge in [0.15, 0.2) is 0 Å². The van der Waals surface area contributed by atoms with E-state index >= 15 is 0 Å². The zero-order valence-electron chi connectivity index (χ0n) is 11.2. The highest BCUT2D eigenvalue weighted by molar-refractivity contribution is 7.92. The molecule has 2 aromatic rings. The quantitative estimate of drug-likeness (QED) is 0.898. The van der Waals surface area contributed by atoms with Crippen molar-refractivity contribution in [2.45, 2.75) is 18.7 Å². The Hall–Kier alpha value is -1.99. The highest BCUT2D eigenvalue weighted by atomic mass is 35.5. The summed E-state index contributed by atoms with van der Waals surface area (Å²) in [5.41, 5.74) is 1.00. The minimum Gasteiger partial charge on any atom is -0.475 e. The van der Waals surface area contributed by atoms with Crippen molar-refractivity contribution in [2.75, 3.05) is 4.72 Å². The maximum atomic E-state index is 12.3. The molecule has 6 nitrogen and oxygen atoms in total. The number of halogens is 1. The van der Waals surface area contributed by atoms with Gasteiger partial charge in [-0.15, -0.1) is 0 Å². The molecule has 0 saturated carbocycles. The number of anilines is 1. The molecule has 0 saturated heterocycles. The number of furan rings is 1. The van der Waals surface area contributed by atoms with Crippen LogP contribution in [0.2, 0.25) is 5.02 Å². The lowest BCUT2D eigenvalue weighted by Crippen LogP contribution is -2.14. The van der Waals surface area contributed by atoms with Gasteiger partial charge in [-0.2, -0.15) is 0 Å². The van der Waals surface area contributed by atoms with Crippen molar-refractivity contribution in [1.82, 2.24) is 0 Å². The standard InChI is InChI=1S/C13H12ClNO5S/c1-7-5-9(14)3-4-10(7)15-21(18,19)12-6-11(13(16)17)20-8(12)2/h3-6,15H,1-2H3,(H,16,17). The molecule has 2 N–H and O–H groups in total. The van der Waals surface area contributed by atoms with Crippen LogP contribution >= 0.6 is 11.6 Å². The summed E-state index contributed by atoms with van der Waals surface area (Å²) in [6.07, 6.45) is 0. The largest absolute Gasteiger partial charge is 0.475 e. The highest BCUT2D eigenvalue weighted by Crippen LogP contribution is 2.26. The van der Waals surface area contributed by atoms with Crippen molar-refractivity contribution in [1.29, 1.82) is 0 Å². The van der Waals surface area contributed by atoms with Gasteiger partial charge in [0.25, 0.3) is 10.0 Å². The number of nitrogens with one attached hydrogen (secondary N) is 1. The van der Waals surface area contributed by atoms with Gasteiger partial charge in [0.05, 0.1) is 5.69 Å². The first-order valence-corrected chi connectivity index (χ1v) is 7.69. The Morgan fingerprint density at radius 1 is 1.29 bits per heavy atom. The maximum Gasteiger partial charge on any atom is 0.371 e. The van der Waals surface area contributed by atoms with E-state index in [0.717, 1.165) is 6.07 Å². The molecule has 1 aromatic carbocycles. The Kier molecular flexibility index (Phi) is 3.97. The number of carboxylic acids is 1. The smallest absolute Gasteiger partial charge is 0.371 e. The first-order chi connectivity index (χ1) is 9.70. The predicted molar refractivity (Wildman–Crippen MR) is 77.4 cm³/mol. The summed E-state index contributed by atoms with van der Waals surface area (Å²) in [4.78, 5) is 10.6. The van der Waals surface area contributed by atoms with E-state index in [1.165, 1.54) is 13.0 Å². The second kappa shape index (κ2) is 5.42. The highest BCUT2D eigenvalue weighted by Gasteiger charge is 2.24. The van der Waals surface area contributed by atoms with Crippen molar-refractivity contribution in [3.63, 3.8) is 0 Å². The van der Waals surface area contributed by atoms with Crippen molar-refractivity contribution in [3.05, 3.63) is 46.4 Å². The molecule has 0 aliphatic carbocycles. The van der Waals surface area contributed by atoms with Gasteiger partial charge in [-0.05, 0) is 37.6 Å². The zero-order chi connectivity index (χ0) is 15.8. The van der Waals surface area contributed by atoms with E-state index in [1.807, 2.05) is 0 Å². The number of sulfonamides is 1. The van der Waals surface area contributed by atoms with Crippen LogP contribution in [0.5, 0.6) is 0 Å². The SMILES string of the molecule is Cc1cc(Cl)ccc1NS(=O)(=O)c1cc(C(=O)O)oc1C. The molecular formula is C13H12ClNO5S. The Morgan fingerprint density at radius 2 is 1.95 bits per heavy atom. The number of aromatic carboxylic acids is 1. The summed E-state index contributed by atoms with van der Waals surface area (Å²) in [7, 11) is -3.94. The van der Waals surface area contributed by atoms with E-state index in [2.05, 4.69) is 4.72 Å². The number of hydrogen-bond donors (Lipinski definition) is 2. The van der Waals surface area contributed by atoms with Gasteiger partial charge in [-0.3, -0.25) is 4.72 Å². The molecule has 1 heterocycles. The van der Waals surface area contributed by atoms with E-state index in [1.54, 1.807) is 19.1 Å². The lowest BCUT2D eigenvalue weighted by atomic mass is 10.2. The van der Waals surface area contributed by atoms with E-state index in [0.29, 0.717) is 16.3 Å². The van der Waals surface area contributed by atoms with Crippen LogP contribution in [-0.4, -0.2) is 19.5 Å². The van der Waals surface area contributed by atoms with E-state index in [9.17, 15) is 13.2 Å². The van der Waals surface area contributed by atoms with Crippen LogP contribution in [0.25, 0.3) is 0 Å². The lowest BCUT2D eigenvalue weighted by molar-refractivity contribution is 0.0661. The minimum absolute atomic E-state index is 0.00603. The fourth-order valence-electron chi connectivity index (χ4n) is 1.78. The van der Waals surface area contributed by atoms with Gasteiger partial charge in [0.2, 0.25) is 5.76 Å². The summed E-state index contributed by atoms with van der Waals surface area (Å²) in [5.74, 6) is -1.76. The van der Waals surface area contributed by atoms with Gasteiger partial charge in [0.1, 0.15) is 10.7 Å². The fourth-order valence-corrected chi connectivity index (χ4v) is 3.32. The third kappa shape index (κ3) is 3.20. The van der Waals surface area contributed by atoms with Gasteiger partial charge in [-0.1, -0.05) is 11.6 Å². The third-order valence-corrected chi connectivity index (χ3v) is 4.51. The number of carboxylic acid groups (broad SMARTS) is 1. The molecule has 0 aliphatic rings. The molecule has 2 rings (SSSR count). The Morgan fingerprint density at radius 3 is 2.48 bits per heavy atom. The van der Waals surface area contributed by atoms with Crippen molar-refractivity contribution in [3.8, 4) is 0 Å². The van der Waals surface area contributed by atoms with Crippen molar-refractivity contribution >= 4 is 33.3 Å². The molecule has 0 atom stereocenters. The number of carbonyl (C=O) groups is 1. The predicted octanol–water partition coefficient (Wildman–Crippen LogP) is 3.05. The molecule has 0 radical (unpaired) electrons. The van der Waals surface area contributed by atoms with Crippen LogP contribution in [0, 0.1) is 13.8 Å². The summed E-state index contributed by atoms with van der Waals surface area (Å²) in [6.45, 7) is 3.09. The molecule has 112 valence electrons. The Labute approximate surface area is 126 Å². The van der Waals surface area contributed by atoms with Crippen LogP contribution in [0.1, 0.15) is 21.9 Å². The number of hydrogen-bond acceptors (Lipinski definition) is 4. The van der Waals surface area contributed by atoms with Gasteiger partial charge < -0.3 is 9.52 Å². The molecule has 1 aromatic heterocycles. The van der Waals surface area contributed by atoms with E-state index < -0.39 is 21.8 Å². The Balaban J connectivity index is 2.41. The first-order valence-electron chi connectivity index (χ1n) is 5.83. The number of benzene rings is 1. The Bertz CT molecular complexity index is 810. The number of aryl methyl sites for hydroxylation is 2. The molecular weight excluding hydrogens is 318 g/mol. The summed E-state index contributed by atoms with van der Waals surface area (Å²) >= 11 is 5.81. The molecule has 0 fully saturated rings. The zero-order valence-corrected chi connectivity index (χ0v) is 12.7. The monoisotopic (exact) mass is 329 g/mol. The first kappa shape index (κ1) is 15.4. The van der Waals surface area contributed by atoms with Crippen LogP contribution in [-0.2, 0) is 10.0 Å². The minimum atomic E-state index is -3.94. The topological polar surface area (TPSA) is 96.6 Å². The van der Waals surface area contributed by atoms with Crippen molar-refractivity contribution < 1.29 is 22.7 Å². The number of rotatable bonds is 4. The molecule has 0 spiro atoms. The molecule has 0 bridgehead atoms. The van der Waals surface area contributed by atoms with Crippen LogP contribution in [0.3, 0.4) is 0 Å². The molecule has 21 heavy (non-hydrogen) atoms. The normalized spacial score (nSPS) is 11.4. The second-order valence-electron chi connectivity index (χ2n) is 4.40. The third-order valence-electron chi connectivity index (χ3n) is 2.81. The van der Waals surface area contributed by atoms with Gasteiger partial charge in [0, 0.05) is 11.1 Å².